The van der Waals surface area contributed by atoms with E-state index in [2.05, 4.69) is 43.0 Å². The van der Waals surface area contributed by atoms with Crippen LogP contribution in [0.4, 0.5) is 5.00 Å². The van der Waals surface area contributed by atoms with Crippen LogP contribution in [0.5, 0.6) is 5.88 Å². The zero-order valence-electron chi connectivity index (χ0n) is 15.2. The zero-order valence-corrected chi connectivity index (χ0v) is 19.1. The number of thiophene rings is 1. The van der Waals surface area contributed by atoms with Crippen molar-refractivity contribution in [1.82, 2.24) is 15.6 Å². The highest BCUT2D eigenvalue weighted by Gasteiger charge is 2.20. The van der Waals surface area contributed by atoms with Crippen LogP contribution in [0.15, 0.2) is 40.8 Å². The SMILES string of the molecule is CN=C(NCCOc1ccc(Cl)cn1)NC1CCN(c2cccs2)CC1.I. The molecule has 0 saturated carbocycles. The smallest absolute Gasteiger partial charge is 0.213 e. The number of nitrogens with one attached hydrogen (secondary N) is 2. The molecule has 0 atom stereocenters. The Kier molecular flexibility index (Phi) is 9.43. The van der Waals surface area contributed by atoms with Crippen molar-refractivity contribution < 1.29 is 4.74 Å². The van der Waals surface area contributed by atoms with Gasteiger partial charge in [0, 0.05) is 38.4 Å². The Morgan fingerprint density at radius 2 is 2.19 bits per heavy atom. The van der Waals surface area contributed by atoms with Crippen LogP contribution in [0.1, 0.15) is 12.8 Å². The molecule has 2 N–H and O–H groups in total. The van der Waals surface area contributed by atoms with Gasteiger partial charge in [-0.05, 0) is 36.4 Å². The molecule has 3 rings (SSSR count). The third-order valence-corrected chi connectivity index (χ3v) is 5.37. The number of halogens is 2. The Morgan fingerprint density at radius 3 is 2.81 bits per heavy atom. The summed E-state index contributed by atoms with van der Waals surface area (Å²) in [6.07, 6.45) is 3.78. The van der Waals surface area contributed by atoms with Gasteiger partial charge in [0.25, 0.3) is 0 Å². The topological polar surface area (TPSA) is 61.8 Å². The normalized spacial score (nSPS) is 15.2. The van der Waals surface area contributed by atoms with Crippen LogP contribution < -0.4 is 20.3 Å². The van der Waals surface area contributed by atoms with Crippen LogP contribution in [0, 0.1) is 0 Å². The van der Waals surface area contributed by atoms with Crippen molar-refractivity contribution in [3.05, 3.63) is 40.9 Å². The van der Waals surface area contributed by atoms with E-state index in [1.165, 1.54) is 5.00 Å². The monoisotopic (exact) mass is 521 g/mol. The quantitative estimate of drug-likeness (QED) is 0.263. The summed E-state index contributed by atoms with van der Waals surface area (Å²) in [7, 11) is 1.79. The van der Waals surface area contributed by atoms with Crippen molar-refractivity contribution in [3.8, 4) is 5.88 Å². The zero-order chi connectivity index (χ0) is 18.2. The minimum absolute atomic E-state index is 0. The van der Waals surface area contributed by atoms with Gasteiger partial charge in [0.15, 0.2) is 5.96 Å². The summed E-state index contributed by atoms with van der Waals surface area (Å²) in [4.78, 5) is 10.9. The fourth-order valence-corrected chi connectivity index (χ4v) is 3.75. The third kappa shape index (κ3) is 7.00. The van der Waals surface area contributed by atoms with Crippen molar-refractivity contribution >= 4 is 57.9 Å². The first kappa shape index (κ1) is 22.0. The molecule has 0 radical (unpaired) electrons. The fourth-order valence-electron chi connectivity index (χ4n) is 2.85. The highest BCUT2D eigenvalue weighted by Crippen LogP contribution is 2.24. The fraction of sp³-hybridized carbons (Fsp3) is 0.444. The Morgan fingerprint density at radius 1 is 1.37 bits per heavy atom. The summed E-state index contributed by atoms with van der Waals surface area (Å²) >= 11 is 7.61. The van der Waals surface area contributed by atoms with Crippen molar-refractivity contribution in [2.75, 3.05) is 38.2 Å². The van der Waals surface area contributed by atoms with Crippen molar-refractivity contribution in [1.29, 1.82) is 0 Å². The number of hydrogen-bond acceptors (Lipinski definition) is 5. The van der Waals surface area contributed by atoms with Crippen LogP contribution in [-0.4, -0.2) is 50.3 Å². The highest BCUT2D eigenvalue weighted by molar-refractivity contribution is 14.0. The van der Waals surface area contributed by atoms with Crippen molar-refractivity contribution in [2.45, 2.75) is 18.9 Å². The van der Waals surface area contributed by atoms with E-state index in [-0.39, 0.29) is 24.0 Å². The number of piperidine rings is 1. The van der Waals surface area contributed by atoms with Gasteiger partial charge in [-0.15, -0.1) is 35.3 Å². The van der Waals surface area contributed by atoms with Gasteiger partial charge in [0.05, 0.1) is 16.6 Å². The van der Waals surface area contributed by atoms with E-state index in [0.29, 0.717) is 30.1 Å². The number of aromatic nitrogens is 1. The van der Waals surface area contributed by atoms with E-state index in [0.717, 1.165) is 31.9 Å². The van der Waals surface area contributed by atoms with Crippen LogP contribution in [-0.2, 0) is 0 Å². The molecule has 27 heavy (non-hydrogen) atoms. The minimum atomic E-state index is 0. The molecule has 6 nitrogen and oxygen atoms in total. The molecule has 0 aliphatic carbocycles. The number of rotatable bonds is 6. The number of aliphatic imine (C=N–C) groups is 1. The van der Waals surface area contributed by atoms with Gasteiger partial charge in [-0.1, -0.05) is 11.6 Å². The Labute approximate surface area is 186 Å². The molecule has 1 saturated heterocycles. The number of nitrogens with zero attached hydrogens (tertiary/aromatic N) is 3. The third-order valence-electron chi connectivity index (χ3n) is 4.22. The van der Waals surface area contributed by atoms with Gasteiger partial charge in [-0.25, -0.2) is 4.98 Å². The number of anilines is 1. The van der Waals surface area contributed by atoms with Gasteiger partial charge in [-0.2, -0.15) is 0 Å². The predicted octanol–water partition coefficient (Wildman–Crippen LogP) is 3.63. The molecule has 1 aliphatic heterocycles. The first-order valence-electron chi connectivity index (χ1n) is 8.74. The molecule has 0 unspecified atom stereocenters. The standard InChI is InChI=1S/C18H24ClN5OS.HI/c1-20-18(21-8-11-25-16-5-4-14(19)13-22-16)23-15-6-9-24(10-7-15)17-3-2-12-26-17;/h2-5,12-13,15H,6-11H2,1H3,(H2,20,21,23);1H. The maximum Gasteiger partial charge on any atom is 0.213 e. The summed E-state index contributed by atoms with van der Waals surface area (Å²) in [5, 5.41) is 10.9. The van der Waals surface area contributed by atoms with E-state index >= 15 is 0 Å². The molecule has 2 aromatic heterocycles. The molecule has 2 aromatic rings. The molecule has 1 aliphatic rings. The molecule has 0 spiro atoms. The van der Waals surface area contributed by atoms with E-state index < -0.39 is 0 Å². The van der Waals surface area contributed by atoms with Crippen LogP contribution in [0.2, 0.25) is 5.02 Å². The number of ether oxygens (including phenoxy) is 1. The van der Waals surface area contributed by atoms with E-state index in [4.69, 9.17) is 16.3 Å². The van der Waals surface area contributed by atoms with Gasteiger partial charge in [0.2, 0.25) is 5.88 Å². The lowest BCUT2D eigenvalue weighted by Crippen LogP contribution is -2.49. The second-order valence-electron chi connectivity index (χ2n) is 6.02. The lowest BCUT2D eigenvalue weighted by atomic mass is 10.1. The summed E-state index contributed by atoms with van der Waals surface area (Å²) in [5.41, 5.74) is 0. The highest BCUT2D eigenvalue weighted by atomic mass is 127. The van der Waals surface area contributed by atoms with Gasteiger partial charge < -0.3 is 20.3 Å². The summed E-state index contributed by atoms with van der Waals surface area (Å²) in [6.45, 7) is 3.30. The van der Waals surface area contributed by atoms with E-state index in [9.17, 15) is 0 Å². The van der Waals surface area contributed by atoms with Crippen molar-refractivity contribution in [2.24, 2.45) is 4.99 Å². The lowest BCUT2D eigenvalue weighted by molar-refractivity contribution is 0.309. The summed E-state index contributed by atoms with van der Waals surface area (Å²) < 4.78 is 5.58. The Balaban J connectivity index is 0.00000261. The molecule has 0 amide bonds. The van der Waals surface area contributed by atoms with E-state index in [1.54, 1.807) is 36.7 Å². The molecule has 0 aromatic carbocycles. The molecule has 1 fully saturated rings. The second kappa shape index (κ2) is 11.6. The molecule has 148 valence electrons. The second-order valence-corrected chi connectivity index (χ2v) is 7.38. The summed E-state index contributed by atoms with van der Waals surface area (Å²) in [5.74, 6) is 1.38. The Bertz CT molecular complexity index is 690. The Hall–Kier alpha value is -1.26. The van der Waals surface area contributed by atoms with Gasteiger partial charge in [-0.3, -0.25) is 4.99 Å². The lowest BCUT2D eigenvalue weighted by Gasteiger charge is -2.33. The van der Waals surface area contributed by atoms with E-state index in [1.807, 2.05) is 0 Å². The maximum atomic E-state index is 5.81. The predicted molar refractivity (Wildman–Crippen MR) is 124 cm³/mol. The van der Waals surface area contributed by atoms with Crippen molar-refractivity contribution in [3.63, 3.8) is 0 Å². The van der Waals surface area contributed by atoms with Crippen LogP contribution in [0.25, 0.3) is 0 Å². The molecule has 9 heteroatoms. The maximum absolute atomic E-state index is 5.81. The molecule has 0 bridgehead atoms. The van der Waals surface area contributed by atoms with Crippen LogP contribution in [0.3, 0.4) is 0 Å². The minimum Gasteiger partial charge on any atom is -0.476 e. The van der Waals surface area contributed by atoms with Crippen LogP contribution >= 0.6 is 46.9 Å². The summed E-state index contributed by atoms with van der Waals surface area (Å²) in [6, 6.07) is 8.26. The average molecular weight is 522 g/mol. The number of pyridine rings is 1. The number of guanidine groups is 1. The molecular formula is C18H25ClIN5OS. The molecular weight excluding hydrogens is 497 g/mol. The first-order valence-corrected chi connectivity index (χ1v) is 10.0. The van der Waals surface area contributed by atoms with Gasteiger partial charge in [0.1, 0.15) is 6.61 Å². The number of hydrogen-bond donors (Lipinski definition) is 2. The largest absolute Gasteiger partial charge is 0.476 e. The van der Waals surface area contributed by atoms with Gasteiger partial charge >= 0.3 is 0 Å². The average Bonchev–Trinajstić information content (AvgIpc) is 3.21. The first-order chi connectivity index (χ1) is 12.7. The molecule has 3 heterocycles.